The zero-order chi connectivity index (χ0) is 24.6. The van der Waals surface area contributed by atoms with Crippen molar-refractivity contribution in [1.29, 1.82) is 0 Å². The Morgan fingerprint density at radius 3 is 2.29 bits per heavy atom. The van der Waals surface area contributed by atoms with Crippen LogP contribution in [-0.2, 0) is 4.74 Å². The molecule has 0 unspecified atom stereocenters. The van der Waals surface area contributed by atoms with Crippen molar-refractivity contribution in [2.45, 2.75) is 39.5 Å². The van der Waals surface area contributed by atoms with Gasteiger partial charge in [-0.3, -0.25) is 25.8 Å². The van der Waals surface area contributed by atoms with E-state index in [-0.39, 0.29) is 5.11 Å². The first-order valence-electron chi connectivity index (χ1n) is 11.5. The monoisotopic (exact) mass is 487 g/mol. The number of unbranched alkanes of at least 4 members (excludes halogenated alkanes) is 3. The van der Waals surface area contributed by atoms with Crippen LogP contribution in [0.25, 0.3) is 0 Å². The van der Waals surface area contributed by atoms with E-state index in [0.29, 0.717) is 49.1 Å². The number of hydrogen-bond donors (Lipinski definition) is 3. The summed E-state index contributed by atoms with van der Waals surface area (Å²) in [6.07, 6.45) is 4.54. The topological polar surface area (TPSA) is 97.9 Å². The van der Waals surface area contributed by atoms with E-state index >= 15 is 0 Å². The minimum Gasteiger partial charge on any atom is -0.494 e. The minimum absolute atomic E-state index is 0.0342. The predicted molar refractivity (Wildman–Crippen MR) is 135 cm³/mol. The molecule has 3 N–H and O–H groups in total. The Hall–Kier alpha value is -3.17. The van der Waals surface area contributed by atoms with Crippen molar-refractivity contribution in [1.82, 2.24) is 16.2 Å². The van der Waals surface area contributed by atoms with E-state index in [4.69, 9.17) is 26.4 Å². The van der Waals surface area contributed by atoms with Gasteiger partial charge in [0.1, 0.15) is 18.1 Å². The molecule has 184 valence electrons. The lowest BCUT2D eigenvalue weighted by molar-refractivity contribution is 0.0934. The van der Waals surface area contributed by atoms with E-state index in [9.17, 15) is 9.59 Å². The van der Waals surface area contributed by atoms with Crippen molar-refractivity contribution in [3.8, 4) is 11.5 Å². The number of carbonyl (C=O) groups is 2. The zero-order valence-electron chi connectivity index (χ0n) is 19.7. The number of amides is 2. The molecule has 0 radical (unpaired) electrons. The molecule has 2 amide bonds. The standard InChI is InChI=1S/C25H33N3O5S/c1-3-5-6-7-15-32-21-13-11-19(12-14-21)24(30)27-28-25(34)26-23(29)20-9-8-10-22(18-20)33-17-16-31-4-2/h8-14,18H,3-7,15-17H2,1-2H3,(H,27,30)(H2,26,28,29,34). The van der Waals surface area contributed by atoms with Crippen molar-refractivity contribution in [3.63, 3.8) is 0 Å². The number of benzene rings is 2. The predicted octanol–water partition coefficient (Wildman–Crippen LogP) is 4.01. The molecule has 0 bridgehead atoms. The van der Waals surface area contributed by atoms with Crippen LogP contribution in [0, 0.1) is 0 Å². The number of hydrogen-bond acceptors (Lipinski definition) is 6. The first-order valence-corrected chi connectivity index (χ1v) is 11.9. The maximum absolute atomic E-state index is 12.4. The molecular formula is C25H33N3O5S. The van der Waals surface area contributed by atoms with Crippen LogP contribution in [0.2, 0.25) is 0 Å². The molecule has 9 heteroatoms. The van der Waals surface area contributed by atoms with Crippen LogP contribution < -0.4 is 25.6 Å². The molecule has 0 aromatic heterocycles. The van der Waals surface area contributed by atoms with Crippen LogP contribution in [-0.4, -0.2) is 43.4 Å². The van der Waals surface area contributed by atoms with Gasteiger partial charge in [-0.15, -0.1) is 0 Å². The fourth-order valence-corrected chi connectivity index (χ4v) is 3.05. The van der Waals surface area contributed by atoms with E-state index in [1.807, 2.05) is 6.92 Å². The van der Waals surface area contributed by atoms with Gasteiger partial charge in [-0.2, -0.15) is 0 Å². The maximum Gasteiger partial charge on any atom is 0.269 e. The van der Waals surface area contributed by atoms with Gasteiger partial charge in [0.15, 0.2) is 5.11 Å². The quantitative estimate of drug-likeness (QED) is 0.223. The van der Waals surface area contributed by atoms with E-state index in [1.54, 1.807) is 48.5 Å². The molecule has 0 saturated heterocycles. The van der Waals surface area contributed by atoms with Gasteiger partial charge in [0, 0.05) is 17.7 Å². The molecule has 2 rings (SSSR count). The highest BCUT2D eigenvalue weighted by Crippen LogP contribution is 2.14. The van der Waals surface area contributed by atoms with Crippen LogP contribution in [0.3, 0.4) is 0 Å². The summed E-state index contributed by atoms with van der Waals surface area (Å²) >= 11 is 5.10. The first-order chi connectivity index (χ1) is 16.5. The number of hydrazine groups is 1. The van der Waals surface area contributed by atoms with Crippen LogP contribution in [0.5, 0.6) is 11.5 Å². The highest BCUT2D eigenvalue weighted by atomic mass is 32.1. The lowest BCUT2D eigenvalue weighted by Gasteiger charge is -2.12. The lowest BCUT2D eigenvalue weighted by Crippen LogP contribution is -2.48. The van der Waals surface area contributed by atoms with Gasteiger partial charge < -0.3 is 14.2 Å². The fourth-order valence-electron chi connectivity index (χ4n) is 2.90. The largest absolute Gasteiger partial charge is 0.494 e. The maximum atomic E-state index is 12.4. The van der Waals surface area contributed by atoms with Gasteiger partial charge >= 0.3 is 0 Å². The lowest BCUT2D eigenvalue weighted by atomic mass is 10.2. The summed E-state index contributed by atoms with van der Waals surface area (Å²) in [6, 6.07) is 13.5. The van der Waals surface area contributed by atoms with Crippen molar-refractivity contribution in [2.75, 3.05) is 26.4 Å². The molecule has 0 saturated carbocycles. The molecule has 2 aromatic carbocycles. The Bertz CT molecular complexity index is 921. The Morgan fingerprint density at radius 2 is 1.56 bits per heavy atom. The van der Waals surface area contributed by atoms with Crippen LogP contribution in [0.15, 0.2) is 48.5 Å². The first kappa shape index (κ1) is 27.1. The third-order valence-corrected chi connectivity index (χ3v) is 4.90. The van der Waals surface area contributed by atoms with Crippen LogP contribution >= 0.6 is 12.2 Å². The second kappa shape index (κ2) is 15.6. The molecule has 8 nitrogen and oxygen atoms in total. The Balaban J connectivity index is 1.74. The molecule has 0 aliphatic rings. The van der Waals surface area contributed by atoms with Crippen molar-refractivity contribution in [2.24, 2.45) is 0 Å². The summed E-state index contributed by atoms with van der Waals surface area (Å²) < 4.78 is 16.5. The van der Waals surface area contributed by atoms with E-state index in [2.05, 4.69) is 23.1 Å². The smallest absolute Gasteiger partial charge is 0.269 e. The van der Waals surface area contributed by atoms with E-state index in [0.717, 1.165) is 12.8 Å². The van der Waals surface area contributed by atoms with Crippen molar-refractivity contribution >= 4 is 29.1 Å². The SMILES string of the molecule is CCCCCCOc1ccc(C(=O)NNC(=S)NC(=O)c2cccc(OCCOCC)c2)cc1. The molecular weight excluding hydrogens is 454 g/mol. The Labute approximate surface area is 206 Å². The van der Waals surface area contributed by atoms with Gasteiger partial charge in [-0.1, -0.05) is 32.3 Å². The van der Waals surface area contributed by atoms with Gasteiger partial charge in [-0.05, 0) is 68.0 Å². The molecule has 34 heavy (non-hydrogen) atoms. The summed E-state index contributed by atoms with van der Waals surface area (Å²) in [6.45, 7) is 6.20. The number of carbonyl (C=O) groups excluding carboxylic acids is 2. The minimum atomic E-state index is -0.428. The average molecular weight is 488 g/mol. The molecule has 0 spiro atoms. The number of ether oxygens (including phenoxy) is 3. The van der Waals surface area contributed by atoms with Crippen molar-refractivity contribution < 1.29 is 23.8 Å². The van der Waals surface area contributed by atoms with Gasteiger partial charge in [0.2, 0.25) is 0 Å². The van der Waals surface area contributed by atoms with Gasteiger partial charge in [0.05, 0.1) is 13.2 Å². The number of rotatable bonds is 13. The summed E-state index contributed by atoms with van der Waals surface area (Å²) in [5.41, 5.74) is 5.80. The van der Waals surface area contributed by atoms with Crippen LogP contribution in [0.4, 0.5) is 0 Å². The Kier molecular flexibility index (Phi) is 12.4. The summed E-state index contributed by atoms with van der Waals surface area (Å²) in [7, 11) is 0. The molecule has 0 heterocycles. The molecule has 0 fully saturated rings. The molecule has 0 atom stereocenters. The zero-order valence-corrected chi connectivity index (χ0v) is 20.5. The van der Waals surface area contributed by atoms with E-state index in [1.165, 1.54) is 12.8 Å². The summed E-state index contributed by atoms with van der Waals surface area (Å²) in [5.74, 6) is 0.444. The number of nitrogens with one attached hydrogen (secondary N) is 3. The second-order valence-corrected chi connectivity index (χ2v) is 7.78. The third-order valence-electron chi connectivity index (χ3n) is 4.70. The Morgan fingerprint density at radius 1 is 0.794 bits per heavy atom. The molecule has 0 aliphatic heterocycles. The molecule has 2 aromatic rings. The number of thiocarbonyl (C=S) groups is 1. The van der Waals surface area contributed by atoms with E-state index < -0.39 is 11.8 Å². The van der Waals surface area contributed by atoms with Gasteiger partial charge in [-0.25, -0.2) is 0 Å². The van der Waals surface area contributed by atoms with Gasteiger partial charge in [0.25, 0.3) is 11.8 Å². The second-order valence-electron chi connectivity index (χ2n) is 7.37. The van der Waals surface area contributed by atoms with Crippen molar-refractivity contribution in [3.05, 3.63) is 59.7 Å². The normalized spacial score (nSPS) is 10.3. The average Bonchev–Trinajstić information content (AvgIpc) is 2.85. The fraction of sp³-hybridized carbons (Fsp3) is 0.400. The highest BCUT2D eigenvalue weighted by molar-refractivity contribution is 7.80. The highest BCUT2D eigenvalue weighted by Gasteiger charge is 2.11. The molecule has 0 aliphatic carbocycles. The summed E-state index contributed by atoms with van der Waals surface area (Å²) in [5, 5.41) is 2.49. The summed E-state index contributed by atoms with van der Waals surface area (Å²) in [4.78, 5) is 24.8. The van der Waals surface area contributed by atoms with Crippen LogP contribution in [0.1, 0.15) is 60.2 Å². The third kappa shape index (κ3) is 10.2.